The van der Waals surface area contributed by atoms with E-state index in [0.717, 1.165) is 12.8 Å². The smallest absolute Gasteiger partial charge is 0.193 e. The normalized spacial score (nSPS) is 31.7. The van der Waals surface area contributed by atoms with Gasteiger partial charge in [0.15, 0.2) is 5.79 Å². The Morgan fingerprint density at radius 3 is 2.00 bits per heavy atom. The summed E-state index contributed by atoms with van der Waals surface area (Å²) in [4.78, 5) is 0. The van der Waals surface area contributed by atoms with Gasteiger partial charge < -0.3 is 14.6 Å². The quantitative estimate of drug-likeness (QED) is 0.543. The molecule has 3 heteroatoms. The molecule has 0 aromatic heterocycles. The molecule has 1 fully saturated rings. The molecule has 54 valence electrons. The first-order chi connectivity index (χ1) is 4.25. The minimum absolute atomic E-state index is 0.438. The molecule has 1 aliphatic carbocycles. The van der Waals surface area contributed by atoms with Crippen molar-refractivity contribution in [3.8, 4) is 0 Å². The molecule has 0 radical (unpaired) electrons. The Morgan fingerprint density at radius 2 is 2.00 bits per heavy atom. The first kappa shape index (κ1) is 6.99. The van der Waals surface area contributed by atoms with Gasteiger partial charge in [-0.1, -0.05) is 0 Å². The van der Waals surface area contributed by atoms with Crippen LogP contribution < -0.4 is 0 Å². The van der Waals surface area contributed by atoms with E-state index in [0.29, 0.717) is 0 Å². The summed E-state index contributed by atoms with van der Waals surface area (Å²) in [5, 5.41) is 9.11. The zero-order chi connectivity index (χ0) is 6.91. The van der Waals surface area contributed by atoms with Gasteiger partial charge in [-0.3, -0.25) is 0 Å². The van der Waals surface area contributed by atoms with Crippen LogP contribution in [0.5, 0.6) is 0 Å². The predicted molar refractivity (Wildman–Crippen MR) is 32.0 cm³/mol. The third-order valence-electron chi connectivity index (χ3n) is 1.96. The van der Waals surface area contributed by atoms with Gasteiger partial charge in [-0.05, 0) is 6.42 Å². The summed E-state index contributed by atoms with van der Waals surface area (Å²) >= 11 is 0. The molecule has 1 aliphatic rings. The van der Waals surface area contributed by atoms with Crippen LogP contribution in [-0.4, -0.2) is 31.2 Å². The van der Waals surface area contributed by atoms with E-state index in [-0.39, 0.29) is 0 Å². The third-order valence-corrected chi connectivity index (χ3v) is 1.96. The van der Waals surface area contributed by atoms with Gasteiger partial charge in [0.2, 0.25) is 0 Å². The van der Waals surface area contributed by atoms with Crippen molar-refractivity contribution in [1.29, 1.82) is 0 Å². The van der Waals surface area contributed by atoms with Crippen LogP contribution in [-0.2, 0) is 9.47 Å². The molecule has 1 saturated carbocycles. The molecule has 0 aliphatic heterocycles. The van der Waals surface area contributed by atoms with E-state index in [2.05, 4.69) is 0 Å². The zero-order valence-electron chi connectivity index (χ0n) is 5.76. The molecule has 0 spiro atoms. The molecule has 0 amide bonds. The number of aliphatic hydroxyl groups excluding tert-OH is 1. The Bertz CT molecular complexity index is 93.0. The van der Waals surface area contributed by atoms with Crippen molar-refractivity contribution >= 4 is 0 Å². The molecular formula is C6H12O3. The third kappa shape index (κ3) is 0.852. The minimum atomic E-state index is -0.681. The summed E-state index contributed by atoms with van der Waals surface area (Å²) in [7, 11) is 3.10. The summed E-state index contributed by atoms with van der Waals surface area (Å²) in [6.07, 6.45) is 1.13. The Hall–Kier alpha value is -0.120. The van der Waals surface area contributed by atoms with E-state index in [1.807, 2.05) is 0 Å². The second-order valence-electron chi connectivity index (χ2n) is 2.27. The first-order valence-corrected chi connectivity index (χ1v) is 3.03. The fraction of sp³-hybridized carbons (Fsp3) is 1.00. The van der Waals surface area contributed by atoms with Gasteiger partial charge >= 0.3 is 0 Å². The van der Waals surface area contributed by atoms with E-state index < -0.39 is 11.9 Å². The average molecular weight is 132 g/mol. The minimum Gasteiger partial charge on any atom is -0.388 e. The van der Waals surface area contributed by atoms with Crippen LogP contribution in [0.3, 0.4) is 0 Å². The fourth-order valence-electron chi connectivity index (χ4n) is 1.07. The Labute approximate surface area is 54.6 Å². The number of ether oxygens (including phenoxy) is 2. The maximum atomic E-state index is 9.11. The largest absolute Gasteiger partial charge is 0.388 e. The number of aliphatic hydroxyl groups is 1. The van der Waals surface area contributed by atoms with E-state index in [4.69, 9.17) is 14.6 Å². The Kier molecular flexibility index (Phi) is 1.75. The highest BCUT2D eigenvalue weighted by molar-refractivity contribution is 4.89. The van der Waals surface area contributed by atoms with Crippen LogP contribution in [0.4, 0.5) is 0 Å². The lowest BCUT2D eigenvalue weighted by atomic mass is 9.87. The molecule has 0 bridgehead atoms. The van der Waals surface area contributed by atoms with Crippen molar-refractivity contribution in [1.82, 2.24) is 0 Å². The maximum absolute atomic E-state index is 9.11. The van der Waals surface area contributed by atoms with Crippen molar-refractivity contribution in [2.75, 3.05) is 14.2 Å². The van der Waals surface area contributed by atoms with E-state index >= 15 is 0 Å². The average Bonchev–Trinajstić information content (AvgIpc) is 1.89. The summed E-state index contributed by atoms with van der Waals surface area (Å²) in [5.74, 6) is -0.681. The molecule has 1 atom stereocenters. The van der Waals surface area contributed by atoms with Crippen molar-refractivity contribution in [3.05, 3.63) is 0 Å². The molecule has 0 aromatic carbocycles. The van der Waals surface area contributed by atoms with Crippen LogP contribution in [0.15, 0.2) is 0 Å². The van der Waals surface area contributed by atoms with Gasteiger partial charge in [0.05, 0.1) is 0 Å². The van der Waals surface area contributed by atoms with Gasteiger partial charge in [0.25, 0.3) is 0 Å². The van der Waals surface area contributed by atoms with Gasteiger partial charge in [0, 0.05) is 20.6 Å². The Balaban J connectivity index is 2.48. The molecule has 0 unspecified atom stereocenters. The monoisotopic (exact) mass is 132 g/mol. The van der Waals surface area contributed by atoms with Crippen LogP contribution in [0, 0.1) is 0 Å². The van der Waals surface area contributed by atoms with Crippen molar-refractivity contribution in [2.45, 2.75) is 24.7 Å². The molecule has 1 N–H and O–H groups in total. The second-order valence-corrected chi connectivity index (χ2v) is 2.27. The zero-order valence-corrected chi connectivity index (χ0v) is 5.76. The van der Waals surface area contributed by atoms with E-state index in [9.17, 15) is 0 Å². The highest BCUT2D eigenvalue weighted by atomic mass is 16.7. The van der Waals surface area contributed by atoms with E-state index in [1.54, 1.807) is 14.2 Å². The van der Waals surface area contributed by atoms with E-state index in [1.165, 1.54) is 0 Å². The fourth-order valence-corrected chi connectivity index (χ4v) is 1.07. The summed E-state index contributed by atoms with van der Waals surface area (Å²) in [5.41, 5.74) is 0. The number of hydrogen-bond donors (Lipinski definition) is 1. The van der Waals surface area contributed by atoms with Crippen molar-refractivity contribution in [2.24, 2.45) is 0 Å². The lowest BCUT2D eigenvalue weighted by Crippen LogP contribution is -2.54. The molecule has 1 rings (SSSR count). The summed E-state index contributed by atoms with van der Waals surface area (Å²) in [6, 6.07) is 0. The SMILES string of the molecule is COC1(OC)CC[C@H]1O. The van der Waals surface area contributed by atoms with Crippen LogP contribution >= 0.6 is 0 Å². The van der Waals surface area contributed by atoms with Gasteiger partial charge in [-0.2, -0.15) is 0 Å². The summed E-state index contributed by atoms with van der Waals surface area (Å²) < 4.78 is 9.93. The molecular weight excluding hydrogens is 120 g/mol. The van der Waals surface area contributed by atoms with Crippen molar-refractivity contribution in [3.63, 3.8) is 0 Å². The van der Waals surface area contributed by atoms with Gasteiger partial charge in [-0.15, -0.1) is 0 Å². The lowest BCUT2D eigenvalue weighted by Gasteiger charge is -2.43. The lowest BCUT2D eigenvalue weighted by molar-refractivity contribution is -0.305. The predicted octanol–water partition coefficient (Wildman–Crippen LogP) is 0.130. The Morgan fingerprint density at radius 1 is 1.44 bits per heavy atom. The molecule has 0 saturated heterocycles. The first-order valence-electron chi connectivity index (χ1n) is 3.03. The van der Waals surface area contributed by atoms with Gasteiger partial charge in [0.1, 0.15) is 6.10 Å². The molecule has 3 nitrogen and oxygen atoms in total. The molecule has 0 aromatic rings. The summed E-state index contributed by atoms with van der Waals surface area (Å²) in [6.45, 7) is 0. The maximum Gasteiger partial charge on any atom is 0.193 e. The molecule has 0 heterocycles. The number of rotatable bonds is 2. The number of hydrogen-bond acceptors (Lipinski definition) is 3. The molecule has 9 heavy (non-hydrogen) atoms. The van der Waals surface area contributed by atoms with Crippen LogP contribution in [0.2, 0.25) is 0 Å². The van der Waals surface area contributed by atoms with Crippen molar-refractivity contribution < 1.29 is 14.6 Å². The van der Waals surface area contributed by atoms with Crippen LogP contribution in [0.1, 0.15) is 12.8 Å². The van der Waals surface area contributed by atoms with Crippen LogP contribution in [0.25, 0.3) is 0 Å². The number of methoxy groups -OCH3 is 2. The second kappa shape index (κ2) is 2.25. The van der Waals surface area contributed by atoms with Gasteiger partial charge in [-0.25, -0.2) is 0 Å². The topological polar surface area (TPSA) is 38.7 Å². The highest BCUT2D eigenvalue weighted by Gasteiger charge is 2.46. The standard InChI is InChI=1S/C6H12O3/c1-8-6(9-2)4-3-5(6)7/h5,7H,3-4H2,1-2H3/t5-/m1/s1. The highest BCUT2D eigenvalue weighted by Crippen LogP contribution is 2.35.